The van der Waals surface area contributed by atoms with E-state index in [1.54, 1.807) is 6.20 Å². The van der Waals surface area contributed by atoms with Gasteiger partial charge >= 0.3 is 5.97 Å². The highest BCUT2D eigenvalue weighted by atomic mass is 16.5. The molecule has 1 saturated carbocycles. The van der Waals surface area contributed by atoms with Crippen LogP contribution in [0.2, 0.25) is 0 Å². The Balaban J connectivity index is 1.57. The van der Waals surface area contributed by atoms with Gasteiger partial charge in [0.05, 0.1) is 18.5 Å². The summed E-state index contributed by atoms with van der Waals surface area (Å²) in [5.41, 5.74) is 1.58. The van der Waals surface area contributed by atoms with Crippen LogP contribution in [0.5, 0.6) is 0 Å². The number of hydrogen-bond donors (Lipinski definition) is 1. The average Bonchev–Trinajstić information content (AvgIpc) is 3.19. The fourth-order valence-electron chi connectivity index (χ4n) is 3.70. The molecule has 1 aromatic heterocycles. The molecule has 0 spiro atoms. The van der Waals surface area contributed by atoms with E-state index < -0.39 is 5.97 Å². The Morgan fingerprint density at radius 1 is 1.18 bits per heavy atom. The van der Waals surface area contributed by atoms with Crippen molar-refractivity contribution in [2.75, 3.05) is 6.61 Å². The van der Waals surface area contributed by atoms with Crippen molar-refractivity contribution in [1.29, 1.82) is 0 Å². The molecule has 0 unspecified atom stereocenters. The first-order valence-corrected chi connectivity index (χ1v) is 10.1. The van der Waals surface area contributed by atoms with Crippen molar-refractivity contribution in [3.63, 3.8) is 0 Å². The van der Waals surface area contributed by atoms with Crippen molar-refractivity contribution in [2.24, 2.45) is 5.92 Å². The maximum atomic E-state index is 12.4. The molecule has 0 bridgehead atoms. The van der Waals surface area contributed by atoms with Crippen molar-refractivity contribution in [1.82, 2.24) is 9.97 Å². The zero-order valence-corrected chi connectivity index (χ0v) is 16.4. The monoisotopic (exact) mass is 380 g/mol. The number of Topliss-reactive ketones (excluding diaryl/α,β-unsaturated/α-hetero) is 1. The maximum absolute atomic E-state index is 12.4. The van der Waals surface area contributed by atoms with E-state index in [0.717, 1.165) is 24.3 Å². The molecular weight excluding hydrogens is 352 g/mol. The molecule has 3 rings (SSSR count). The van der Waals surface area contributed by atoms with Gasteiger partial charge in [-0.1, -0.05) is 62.4 Å². The summed E-state index contributed by atoms with van der Waals surface area (Å²) in [5, 5.41) is 0. The van der Waals surface area contributed by atoms with Crippen LogP contribution in [0.4, 0.5) is 0 Å². The van der Waals surface area contributed by atoms with Gasteiger partial charge in [0.1, 0.15) is 11.4 Å². The molecule has 1 aliphatic carbocycles. The predicted octanol–water partition coefficient (Wildman–Crippen LogP) is 4.95. The van der Waals surface area contributed by atoms with Crippen LogP contribution in [-0.4, -0.2) is 28.3 Å². The van der Waals surface area contributed by atoms with E-state index in [4.69, 9.17) is 4.74 Å². The molecule has 1 aliphatic rings. The molecule has 0 aliphatic heterocycles. The van der Waals surface area contributed by atoms with Gasteiger partial charge in [0, 0.05) is 5.56 Å². The maximum Gasteiger partial charge on any atom is 0.341 e. The lowest BCUT2D eigenvalue weighted by atomic mass is 9.86. The molecule has 0 radical (unpaired) electrons. The lowest BCUT2D eigenvalue weighted by Crippen LogP contribution is -2.15. The largest absolute Gasteiger partial charge is 0.462 e. The first kappa shape index (κ1) is 20.1. The van der Waals surface area contributed by atoms with Crippen LogP contribution in [-0.2, 0) is 14.3 Å². The van der Waals surface area contributed by atoms with Gasteiger partial charge in [-0.25, -0.2) is 9.78 Å². The van der Waals surface area contributed by atoms with E-state index in [1.165, 1.54) is 45.1 Å². The van der Waals surface area contributed by atoms with E-state index >= 15 is 0 Å². The first-order chi connectivity index (χ1) is 13.6. The third-order valence-electron chi connectivity index (χ3n) is 5.26. The normalized spacial score (nSPS) is 15.4. The molecule has 5 nitrogen and oxygen atoms in total. The number of benzene rings is 1. The average molecular weight is 380 g/mol. The number of rotatable bonds is 8. The van der Waals surface area contributed by atoms with Crippen LogP contribution < -0.4 is 0 Å². The van der Waals surface area contributed by atoms with Gasteiger partial charge < -0.3 is 9.72 Å². The summed E-state index contributed by atoms with van der Waals surface area (Å²) >= 11 is 0. The van der Waals surface area contributed by atoms with E-state index in [0.29, 0.717) is 18.1 Å². The molecule has 148 valence electrons. The second-order valence-electron chi connectivity index (χ2n) is 7.45. The molecule has 0 atom stereocenters. The molecule has 0 saturated heterocycles. The van der Waals surface area contributed by atoms with E-state index in [2.05, 4.69) is 9.97 Å². The van der Waals surface area contributed by atoms with Crippen LogP contribution in [0.1, 0.15) is 57.6 Å². The molecule has 28 heavy (non-hydrogen) atoms. The van der Waals surface area contributed by atoms with Crippen LogP contribution in [0.3, 0.4) is 0 Å². The summed E-state index contributed by atoms with van der Waals surface area (Å²) in [7, 11) is 0. The lowest BCUT2D eigenvalue weighted by molar-refractivity contribution is -0.140. The number of carbonyl (C=O) groups is 2. The highest BCUT2D eigenvalue weighted by Gasteiger charge is 2.18. The van der Waals surface area contributed by atoms with Crippen molar-refractivity contribution in [3.05, 3.63) is 47.8 Å². The Morgan fingerprint density at radius 3 is 2.64 bits per heavy atom. The Kier molecular flexibility index (Phi) is 7.18. The van der Waals surface area contributed by atoms with Gasteiger partial charge in [-0.15, -0.1) is 0 Å². The van der Waals surface area contributed by atoms with E-state index in [9.17, 15) is 9.59 Å². The second kappa shape index (κ2) is 10.0. The zero-order valence-electron chi connectivity index (χ0n) is 16.4. The SMILES string of the molecule is CC(=O)/C(=C/c1cnc(-c2ccccc2)[nH]1)C(=O)OCCCC1CCCCC1. The second-order valence-corrected chi connectivity index (χ2v) is 7.45. The van der Waals surface area contributed by atoms with Crippen LogP contribution in [0.15, 0.2) is 42.1 Å². The fraction of sp³-hybridized carbons (Fsp3) is 0.435. The Labute approximate surface area is 166 Å². The number of aromatic amines is 1. The van der Waals surface area contributed by atoms with Gasteiger partial charge in [-0.05, 0) is 31.8 Å². The van der Waals surface area contributed by atoms with Crippen molar-refractivity contribution in [2.45, 2.75) is 51.9 Å². The lowest BCUT2D eigenvalue weighted by Gasteiger charge is -2.21. The minimum atomic E-state index is -0.563. The summed E-state index contributed by atoms with van der Waals surface area (Å²) in [6.45, 7) is 1.74. The van der Waals surface area contributed by atoms with Gasteiger partial charge in [0.15, 0.2) is 5.78 Å². The predicted molar refractivity (Wildman–Crippen MR) is 109 cm³/mol. The Hall–Kier alpha value is -2.69. The van der Waals surface area contributed by atoms with Gasteiger partial charge in [-0.2, -0.15) is 0 Å². The smallest absolute Gasteiger partial charge is 0.341 e. The number of hydrogen-bond acceptors (Lipinski definition) is 4. The number of esters is 1. The van der Waals surface area contributed by atoms with Crippen molar-refractivity contribution >= 4 is 17.8 Å². The molecule has 0 amide bonds. The quantitative estimate of drug-likeness (QED) is 0.231. The zero-order chi connectivity index (χ0) is 19.8. The number of nitrogens with zero attached hydrogens (tertiary/aromatic N) is 1. The molecule has 1 aromatic carbocycles. The molecule has 1 fully saturated rings. The minimum Gasteiger partial charge on any atom is -0.462 e. The molecule has 5 heteroatoms. The number of ether oxygens (including phenoxy) is 1. The first-order valence-electron chi connectivity index (χ1n) is 10.1. The minimum absolute atomic E-state index is 0.0425. The Morgan fingerprint density at radius 2 is 1.93 bits per heavy atom. The number of nitrogens with one attached hydrogen (secondary N) is 1. The van der Waals surface area contributed by atoms with E-state index in [-0.39, 0.29) is 11.4 Å². The van der Waals surface area contributed by atoms with Crippen molar-refractivity contribution in [3.8, 4) is 11.4 Å². The van der Waals surface area contributed by atoms with Crippen LogP contribution >= 0.6 is 0 Å². The Bertz CT molecular complexity index is 817. The van der Waals surface area contributed by atoms with Crippen LogP contribution in [0, 0.1) is 5.92 Å². The summed E-state index contributed by atoms with van der Waals surface area (Å²) in [4.78, 5) is 31.8. The highest BCUT2D eigenvalue weighted by molar-refractivity contribution is 6.19. The molecular formula is C23H28N2O3. The van der Waals surface area contributed by atoms with Crippen LogP contribution in [0.25, 0.3) is 17.5 Å². The third kappa shape index (κ3) is 5.65. The number of aromatic nitrogens is 2. The summed E-state index contributed by atoms with van der Waals surface area (Å²) < 4.78 is 5.36. The molecule has 1 heterocycles. The number of carbonyl (C=O) groups excluding carboxylic acids is 2. The summed E-state index contributed by atoms with van der Waals surface area (Å²) in [6.07, 6.45) is 11.6. The number of H-pyrrole nitrogens is 1. The topological polar surface area (TPSA) is 72.0 Å². The van der Waals surface area contributed by atoms with Crippen molar-refractivity contribution < 1.29 is 14.3 Å². The number of imidazole rings is 1. The standard InChI is InChI=1S/C23H28N2O3/c1-17(26)21(23(27)28-14-8-11-18-9-4-2-5-10-18)15-20-16-24-22(25-20)19-12-6-3-7-13-19/h3,6-7,12-13,15-16,18H,2,4-5,8-11,14H2,1H3,(H,24,25)/b21-15-. The molecule has 2 aromatic rings. The fourth-order valence-corrected chi connectivity index (χ4v) is 3.70. The summed E-state index contributed by atoms with van der Waals surface area (Å²) in [6, 6.07) is 9.68. The van der Waals surface area contributed by atoms with Gasteiger partial charge in [0.25, 0.3) is 0 Å². The van der Waals surface area contributed by atoms with E-state index in [1.807, 2.05) is 30.3 Å². The van der Waals surface area contributed by atoms with Gasteiger partial charge in [-0.3, -0.25) is 4.79 Å². The summed E-state index contributed by atoms with van der Waals surface area (Å²) in [5.74, 6) is 0.576. The van der Waals surface area contributed by atoms with Gasteiger partial charge in [0.2, 0.25) is 0 Å². The highest BCUT2D eigenvalue weighted by Crippen LogP contribution is 2.27. The molecule has 1 N–H and O–H groups in total. The third-order valence-corrected chi connectivity index (χ3v) is 5.26. The number of ketones is 1.